The molecule has 1 aromatic heterocycles. The van der Waals surface area contributed by atoms with Crippen LogP contribution >= 0.6 is 23.2 Å². The summed E-state index contributed by atoms with van der Waals surface area (Å²) in [5.74, 6) is -1.43. The van der Waals surface area contributed by atoms with Crippen molar-refractivity contribution in [1.82, 2.24) is 9.97 Å². The van der Waals surface area contributed by atoms with Crippen LogP contribution in [0.3, 0.4) is 0 Å². The number of rotatable bonds is 3. The molecule has 102 valence electrons. The van der Waals surface area contributed by atoms with Gasteiger partial charge in [0.2, 0.25) is 5.28 Å². The van der Waals surface area contributed by atoms with Crippen molar-refractivity contribution < 1.29 is 19.4 Å². The van der Waals surface area contributed by atoms with Crippen molar-refractivity contribution in [3.8, 4) is 0 Å². The molecule has 7 nitrogen and oxygen atoms in total. The number of nitrogens with one attached hydrogen (secondary N) is 1. The Morgan fingerprint density at radius 2 is 2.00 bits per heavy atom. The maximum absolute atomic E-state index is 11.8. The molecule has 2 unspecified atom stereocenters. The molecule has 0 radical (unpaired) electrons. The van der Waals surface area contributed by atoms with Gasteiger partial charge in [0.1, 0.15) is 17.1 Å². The number of aromatic nitrogens is 2. The molecule has 19 heavy (non-hydrogen) atoms. The van der Waals surface area contributed by atoms with Gasteiger partial charge in [0, 0.05) is 6.07 Å². The molecule has 2 heterocycles. The highest BCUT2D eigenvalue weighted by Crippen LogP contribution is 2.22. The second-order valence-electron chi connectivity index (χ2n) is 3.86. The van der Waals surface area contributed by atoms with Gasteiger partial charge >= 0.3 is 5.97 Å². The summed E-state index contributed by atoms with van der Waals surface area (Å²) in [5.41, 5.74) is 0. The van der Waals surface area contributed by atoms with Gasteiger partial charge in [-0.2, -0.15) is 0 Å². The highest BCUT2D eigenvalue weighted by Gasteiger charge is 2.34. The lowest BCUT2D eigenvalue weighted by atomic mass is 10.2. The molecular formula is C10H9Cl2N3O4. The van der Waals surface area contributed by atoms with E-state index >= 15 is 0 Å². The van der Waals surface area contributed by atoms with Gasteiger partial charge in [-0.25, -0.2) is 14.8 Å². The fraction of sp³-hybridized carbons (Fsp3) is 0.400. The molecule has 1 amide bonds. The van der Waals surface area contributed by atoms with Gasteiger partial charge in [0.25, 0.3) is 5.91 Å². The Balaban J connectivity index is 2.00. The van der Waals surface area contributed by atoms with Crippen molar-refractivity contribution in [3.05, 3.63) is 16.5 Å². The molecule has 0 bridgehead atoms. The number of nitrogens with zero attached hydrogens (tertiary/aromatic N) is 2. The van der Waals surface area contributed by atoms with Crippen molar-refractivity contribution in [2.75, 3.05) is 5.32 Å². The number of ether oxygens (including phenoxy) is 1. The van der Waals surface area contributed by atoms with E-state index in [0.717, 1.165) is 0 Å². The van der Waals surface area contributed by atoms with E-state index in [2.05, 4.69) is 15.3 Å². The third-order valence-electron chi connectivity index (χ3n) is 2.51. The van der Waals surface area contributed by atoms with Gasteiger partial charge < -0.3 is 15.2 Å². The molecular weight excluding hydrogens is 297 g/mol. The second-order valence-corrected chi connectivity index (χ2v) is 4.59. The number of carboxylic acid groups (broad SMARTS) is 1. The molecule has 0 saturated carbocycles. The normalized spacial score (nSPS) is 22.2. The Bertz CT molecular complexity index is 505. The molecule has 2 atom stereocenters. The van der Waals surface area contributed by atoms with Crippen molar-refractivity contribution in [3.63, 3.8) is 0 Å². The van der Waals surface area contributed by atoms with Crippen LogP contribution in [-0.2, 0) is 14.3 Å². The minimum Gasteiger partial charge on any atom is -0.479 e. The van der Waals surface area contributed by atoms with Gasteiger partial charge in [0.15, 0.2) is 6.10 Å². The minimum absolute atomic E-state index is 0.0889. The Morgan fingerprint density at radius 1 is 1.32 bits per heavy atom. The Labute approximate surface area is 117 Å². The van der Waals surface area contributed by atoms with Crippen molar-refractivity contribution in [1.29, 1.82) is 0 Å². The Hall–Kier alpha value is -1.44. The van der Waals surface area contributed by atoms with Crippen LogP contribution < -0.4 is 5.32 Å². The third-order valence-corrected chi connectivity index (χ3v) is 2.87. The molecule has 1 saturated heterocycles. The molecule has 1 aliphatic rings. The van der Waals surface area contributed by atoms with E-state index in [-0.39, 0.29) is 16.3 Å². The number of halogens is 2. The van der Waals surface area contributed by atoms with Gasteiger partial charge in [-0.15, -0.1) is 0 Å². The van der Waals surface area contributed by atoms with E-state index in [1.165, 1.54) is 6.07 Å². The fourth-order valence-electron chi connectivity index (χ4n) is 1.67. The number of anilines is 1. The first-order valence-corrected chi connectivity index (χ1v) is 6.10. The third kappa shape index (κ3) is 3.52. The highest BCUT2D eigenvalue weighted by atomic mass is 35.5. The zero-order chi connectivity index (χ0) is 14.0. The quantitative estimate of drug-likeness (QED) is 0.646. The number of carbonyl (C=O) groups is 2. The predicted octanol–water partition coefficient (Wildman–Crippen LogP) is 1.35. The monoisotopic (exact) mass is 305 g/mol. The van der Waals surface area contributed by atoms with Crippen LogP contribution in [0.15, 0.2) is 6.07 Å². The molecule has 0 aromatic carbocycles. The van der Waals surface area contributed by atoms with Crippen LogP contribution in [-0.4, -0.2) is 39.2 Å². The predicted molar refractivity (Wildman–Crippen MR) is 66.2 cm³/mol. The number of carboxylic acids is 1. The number of aliphatic carboxylic acids is 1. The van der Waals surface area contributed by atoms with Crippen molar-refractivity contribution in [2.45, 2.75) is 25.0 Å². The van der Waals surface area contributed by atoms with E-state index in [0.29, 0.717) is 12.8 Å². The lowest BCUT2D eigenvalue weighted by Gasteiger charge is -2.11. The maximum atomic E-state index is 11.8. The molecule has 0 aliphatic carbocycles. The lowest BCUT2D eigenvalue weighted by Crippen LogP contribution is -2.30. The second kappa shape index (κ2) is 5.68. The van der Waals surface area contributed by atoms with Crippen LogP contribution in [0.5, 0.6) is 0 Å². The molecule has 1 aliphatic heterocycles. The summed E-state index contributed by atoms with van der Waals surface area (Å²) in [6.45, 7) is 0. The zero-order valence-corrected chi connectivity index (χ0v) is 11.0. The van der Waals surface area contributed by atoms with Crippen molar-refractivity contribution >= 4 is 40.9 Å². The smallest absolute Gasteiger partial charge is 0.332 e. The van der Waals surface area contributed by atoms with E-state index in [9.17, 15) is 9.59 Å². The summed E-state index contributed by atoms with van der Waals surface area (Å²) in [6, 6.07) is 1.33. The van der Waals surface area contributed by atoms with Gasteiger partial charge in [-0.05, 0) is 24.4 Å². The summed E-state index contributed by atoms with van der Waals surface area (Å²) in [5, 5.41) is 11.2. The van der Waals surface area contributed by atoms with Gasteiger partial charge in [-0.3, -0.25) is 4.79 Å². The minimum atomic E-state index is -1.08. The summed E-state index contributed by atoms with van der Waals surface area (Å²) < 4.78 is 5.10. The van der Waals surface area contributed by atoms with Crippen LogP contribution in [0, 0.1) is 0 Å². The van der Waals surface area contributed by atoms with E-state index in [4.69, 9.17) is 33.0 Å². The van der Waals surface area contributed by atoms with Crippen LogP contribution in [0.25, 0.3) is 0 Å². The largest absolute Gasteiger partial charge is 0.479 e. The summed E-state index contributed by atoms with van der Waals surface area (Å²) in [7, 11) is 0. The first-order valence-electron chi connectivity index (χ1n) is 5.35. The molecule has 0 spiro atoms. The van der Waals surface area contributed by atoms with E-state index < -0.39 is 24.1 Å². The highest BCUT2D eigenvalue weighted by molar-refractivity contribution is 6.32. The molecule has 1 aromatic rings. The van der Waals surface area contributed by atoms with Crippen LogP contribution in [0.2, 0.25) is 10.4 Å². The lowest BCUT2D eigenvalue weighted by molar-refractivity contribution is -0.150. The standard InChI is InChI=1S/C10H9Cl2N3O4/c11-6-3-7(15-10(12)13-6)14-8(16)4-1-2-5(19-4)9(17)18/h3-5H,1-2H2,(H,17,18)(H,13,14,15,16). The summed E-state index contributed by atoms with van der Waals surface area (Å²) in [6.07, 6.45) is -1.16. The maximum Gasteiger partial charge on any atom is 0.332 e. The Kier molecular flexibility index (Phi) is 4.18. The van der Waals surface area contributed by atoms with E-state index in [1.807, 2.05) is 0 Å². The number of hydrogen-bond acceptors (Lipinski definition) is 5. The summed E-state index contributed by atoms with van der Waals surface area (Å²) in [4.78, 5) is 29.9. The van der Waals surface area contributed by atoms with Crippen LogP contribution in [0.1, 0.15) is 12.8 Å². The molecule has 2 rings (SSSR count). The first-order chi connectivity index (χ1) is 8.95. The van der Waals surface area contributed by atoms with Gasteiger partial charge in [0.05, 0.1) is 0 Å². The van der Waals surface area contributed by atoms with Crippen molar-refractivity contribution in [2.24, 2.45) is 0 Å². The van der Waals surface area contributed by atoms with Crippen LogP contribution in [0.4, 0.5) is 5.82 Å². The average Bonchev–Trinajstić information content (AvgIpc) is 2.76. The number of hydrogen-bond donors (Lipinski definition) is 2. The van der Waals surface area contributed by atoms with E-state index in [1.54, 1.807) is 0 Å². The summed E-state index contributed by atoms with van der Waals surface area (Å²) >= 11 is 11.3. The SMILES string of the molecule is O=C(O)C1CCC(C(=O)Nc2cc(Cl)nc(Cl)n2)O1. The molecule has 9 heteroatoms. The fourth-order valence-corrected chi connectivity index (χ4v) is 2.08. The topological polar surface area (TPSA) is 101 Å². The Morgan fingerprint density at radius 3 is 2.58 bits per heavy atom. The van der Waals surface area contributed by atoms with Gasteiger partial charge in [-0.1, -0.05) is 11.6 Å². The first kappa shape index (κ1) is 14.0. The molecule has 2 N–H and O–H groups in total. The average molecular weight is 306 g/mol. The zero-order valence-electron chi connectivity index (χ0n) is 9.47. The number of amides is 1. The number of carbonyl (C=O) groups excluding carboxylic acids is 1. The molecule has 1 fully saturated rings.